The van der Waals surface area contributed by atoms with Crippen LogP contribution in [0.25, 0.3) is 0 Å². The standard InChI is InChI=1S/C12H15ClO4/c1-9(14)16-8-12(2,17-15)7-10-3-5-11(13)6-4-10/h3-6,15H,7-8H2,1-2H3/t12-/m1/s1. The van der Waals surface area contributed by atoms with Gasteiger partial charge in [0.2, 0.25) is 0 Å². The van der Waals surface area contributed by atoms with Crippen LogP contribution >= 0.6 is 11.6 Å². The molecule has 0 aliphatic rings. The fourth-order valence-electron chi connectivity index (χ4n) is 1.40. The highest BCUT2D eigenvalue weighted by molar-refractivity contribution is 6.30. The maximum absolute atomic E-state index is 10.7. The van der Waals surface area contributed by atoms with Crippen molar-refractivity contribution in [2.24, 2.45) is 0 Å². The average molecular weight is 259 g/mol. The van der Waals surface area contributed by atoms with Crippen molar-refractivity contribution in [1.82, 2.24) is 0 Å². The quantitative estimate of drug-likeness (QED) is 0.501. The Morgan fingerprint density at radius 3 is 2.47 bits per heavy atom. The first kappa shape index (κ1) is 14.0. The van der Waals surface area contributed by atoms with Crippen LogP contribution in [0.1, 0.15) is 19.4 Å². The van der Waals surface area contributed by atoms with Gasteiger partial charge in [-0.15, -0.1) is 0 Å². The van der Waals surface area contributed by atoms with Gasteiger partial charge in [-0.25, -0.2) is 4.89 Å². The van der Waals surface area contributed by atoms with E-state index in [1.54, 1.807) is 19.1 Å². The number of carbonyl (C=O) groups excluding carboxylic acids is 1. The van der Waals surface area contributed by atoms with Crippen molar-refractivity contribution in [3.63, 3.8) is 0 Å². The summed E-state index contributed by atoms with van der Waals surface area (Å²) in [7, 11) is 0. The molecule has 1 N–H and O–H groups in total. The van der Waals surface area contributed by atoms with Gasteiger partial charge in [-0.05, 0) is 24.6 Å². The van der Waals surface area contributed by atoms with E-state index >= 15 is 0 Å². The Morgan fingerprint density at radius 2 is 2.00 bits per heavy atom. The van der Waals surface area contributed by atoms with Gasteiger partial charge < -0.3 is 4.74 Å². The molecule has 0 fully saturated rings. The maximum atomic E-state index is 10.7. The van der Waals surface area contributed by atoms with Crippen molar-refractivity contribution in [1.29, 1.82) is 0 Å². The van der Waals surface area contributed by atoms with Crippen LogP contribution in [0.5, 0.6) is 0 Å². The van der Waals surface area contributed by atoms with E-state index in [-0.39, 0.29) is 6.61 Å². The third-order valence-electron chi connectivity index (χ3n) is 2.29. The number of hydrogen-bond donors (Lipinski definition) is 1. The molecule has 0 saturated heterocycles. The van der Waals surface area contributed by atoms with E-state index in [1.165, 1.54) is 6.92 Å². The van der Waals surface area contributed by atoms with Crippen LogP contribution in [0.15, 0.2) is 24.3 Å². The van der Waals surface area contributed by atoms with Gasteiger partial charge in [0.05, 0.1) is 0 Å². The molecule has 1 aromatic rings. The van der Waals surface area contributed by atoms with Crippen molar-refractivity contribution in [3.8, 4) is 0 Å². The van der Waals surface area contributed by atoms with E-state index < -0.39 is 11.6 Å². The van der Waals surface area contributed by atoms with Crippen LogP contribution in [-0.2, 0) is 20.8 Å². The zero-order chi connectivity index (χ0) is 12.9. The lowest BCUT2D eigenvalue weighted by atomic mass is 9.97. The van der Waals surface area contributed by atoms with Crippen molar-refractivity contribution in [2.45, 2.75) is 25.9 Å². The number of benzene rings is 1. The summed E-state index contributed by atoms with van der Waals surface area (Å²) in [5.41, 5.74) is -0.0300. The van der Waals surface area contributed by atoms with Gasteiger partial charge in [-0.1, -0.05) is 23.7 Å². The molecule has 0 bridgehead atoms. The van der Waals surface area contributed by atoms with Crippen LogP contribution in [0.2, 0.25) is 5.02 Å². The second-order valence-electron chi connectivity index (χ2n) is 4.12. The molecule has 4 nitrogen and oxygen atoms in total. The Hall–Kier alpha value is -1.10. The predicted molar refractivity (Wildman–Crippen MR) is 63.9 cm³/mol. The summed E-state index contributed by atoms with van der Waals surface area (Å²) < 4.78 is 4.84. The number of rotatable bonds is 5. The third-order valence-corrected chi connectivity index (χ3v) is 2.54. The van der Waals surface area contributed by atoms with E-state index in [2.05, 4.69) is 4.89 Å². The molecular weight excluding hydrogens is 244 g/mol. The Balaban J connectivity index is 2.67. The van der Waals surface area contributed by atoms with Gasteiger partial charge in [0.1, 0.15) is 12.2 Å². The van der Waals surface area contributed by atoms with Gasteiger partial charge >= 0.3 is 5.97 Å². The molecule has 1 atom stereocenters. The largest absolute Gasteiger partial charge is 0.463 e. The zero-order valence-corrected chi connectivity index (χ0v) is 10.5. The first-order valence-corrected chi connectivity index (χ1v) is 5.53. The first-order chi connectivity index (χ1) is 7.95. The van der Waals surface area contributed by atoms with Gasteiger partial charge in [0.25, 0.3) is 0 Å². The molecule has 0 aliphatic carbocycles. The van der Waals surface area contributed by atoms with Crippen molar-refractivity contribution in [3.05, 3.63) is 34.9 Å². The summed E-state index contributed by atoms with van der Waals surface area (Å²) in [6, 6.07) is 7.15. The van der Waals surface area contributed by atoms with Crippen LogP contribution < -0.4 is 0 Å². The Bertz CT molecular complexity index is 377. The van der Waals surface area contributed by atoms with Crippen molar-refractivity contribution in [2.75, 3.05) is 6.61 Å². The number of ether oxygens (including phenoxy) is 1. The number of halogens is 1. The predicted octanol–water partition coefficient (Wildman–Crippen LogP) is 2.69. The fourth-order valence-corrected chi connectivity index (χ4v) is 1.52. The van der Waals surface area contributed by atoms with E-state index in [9.17, 15) is 4.79 Å². The SMILES string of the molecule is CC(=O)OC[C@@](C)(Cc1ccc(Cl)cc1)OO. The molecule has 0 radical (unpaired) electrons. The summed E-state index contributed by atoms with van der Waals surface area (Å²) in [5, 5.41) is 9.54. The minimum atomic E-state index is -0.959. The van der Waals surface area contributed by atoms with Gasteiger partial charge in [-0.3, -0.25) is 10.1 Å². The van der Waals surface area contributed by atoms with Gasteiger partial charge in [0, 0.05) is 18.4 Å². The molecule has 17 heavy (non-hydrogen) atoms. The summed E-state index contributed by atoms with van der Waals surface area (Å²) in [4.78, 5) is 15.1. The molecule has 5 heteroatoms. The highest BCUT2D eigenvalue weighted by atomic mass is 35.5. The summed E-state index contributed by atoms with van der Waals surface area (Å²) in [6.45, 7) is 2.95. The molecular formula is C12H15ClO4. The summed E-state index contributed by atoms with van der Waals surface area (Å²) in [5.74, 6) is -0.413. The zero-order valence-electron chi connectivity index (χ0n) is 9.77. The fraction of sp³-hybridized carbons (Fsp3) is 0.417. The minimum Gasteiger partial charge on any atom is -0.463 e. The maximum Gasteiger partial charge on any atom is 0.302 e. The van der Waals surface area contributed by atoms with Crippen LogP contribution in [-0.4, -0.2) is 23.4 Å². The minimum absolute atomic E-state index is 0.0124. The van der Waals surface area contributed by atoms with E-state index in [1.807, 2.05) is 12.1 Å². The Labute approximate surface area is 105 Å². The highest BCUT2D eigenvalue weighted by Crippen LogP contribution is 2.19. The molecule has 0 unspecified atom stereocenters. The summed E-state index contributed by atoms with van der Waals surface area (Å²) in [6.07, 6.45) is 0.411. The monoisotopic (exact) mass is 258 g/mol. The molecule has 0 spiro atoms. The third kappa shape index (κ3) is 4.73. The van der Waals surface area contributed by atoms with Crippen LogP contribution in [0, 0.1) is 0 Å². The average Bonchev–Trinajstić information content (AvgIpc) is 2.30. The lowest BCUT2D eigenvalue weighted by molar-refractivity contribution is -0.325. The van der Waals surface area contributed by atoms with Crippen LogP contribution in [0.3, 0.4) is 0 Å². The molecule has 0 heterocycles. The molecule has 1 rings (SSSR count). The topological polar surface area (TPSA) is 55.8 Å². The van der Waals surface area contributed by atoms with E-state index in [4.69, 9.17) is 21.6 Å². The number of esters is 1. The first-order valence-electron chi connectivity index (χ1n) is 5.15. The molecule has 1 aromatic carbocycles. The number of carbonyl (C=O) groups is 1. The van der Waals surface area contributed by atoms with E-state index in [0.29, 0.717) is 11.4 Å². The smallest absolute Gasteiger partial charge is 0.302 e. The Kier molecular flexibility index (Phi) is 4.93. The second-order valence-corrected chi connectivity index (χ2v) is 4.56. The van der Waals surface area contributed by atoms with Gasteiger partial charge in [-0.2, -0.15) is 0 Å². The normalized spacial score (nSPS) is 14.1. The Morgan fingerprint density at radius 1 is 1.41 bits per heavy atom. The van der Waals surface area contributed by atoms with Crippen molar-refractivity contribution < 1.29 is 19.7 Å². The molecule has 0 amide bonds. The van der Waals surface area contributed by atoms with Gasteiger partial charge in [0.15, 0.2) is 0 Å². The molecule has 0 saturated carbocycles. The number of hydrogen-bond acceptors (Lipinski definition) is 4. The highest BCUT2D eigenvalue weighted by Gasteiger charge is 2.28. The van der Waals surface area contributed by atoms with Crippen molar-refractivity contribution >= 4 is 17.6 Å². The van der Waals surface area contributed by atoms with E-state index in [0.717, 1.165) is 5.56 Å². The lowest BCUT2D eigenvalue weighted by Gasteiger charge is -2.25. The van der Waals surface area contributed by atoms with Crippen LogP contribution in [0.4, 0.5) is 0 Å². The molecule has 0 aromatic heterocycles. The lowest BCUT2D eigenvalue weighted by Crippen LogP contribution is -2.36. The second kappa shape index (κ2) is 6.00. The summed E-state index contributed by atoms with van der Waals surface area (Å²) >= 11 is 5.77. The molecule has 94 valence electrons. The molecule has 0 aliphatic heterocycles.